The number of guanidine groups is 1. The second-order valence-corrected chi connectivity index (χ2v) is 5.10. The molecule has 0 heterocycles. The Bertz CT molecular complexity index is 519. The number of carbonyl (C=O) groups excluding carboxylic acids is 1. The van der Waals surface area contributed by atoms with E-state index in [9.17, 15) is 19.2 Å². The van der Waals surface area contributed by atoms with Crippen molar-refractivity contribution in [3.05, 3.63) is 0 Å². The Morgan fingerprint density at radius 1 is 1.00 bits per heavy atom. The Balaban J connectivity index is 4.27. The lowest BCUT2D eigenvalue weighted by molar-refractivity contribution is -0.147. The molecule has 0 aliphatic carbocycles. The third kappa shape index (κ3) is 11.3. The summed E-state index contributed by atoms with van der Waals surface area (Å²) in [5.74, 6) is -4.74. The van der Waals surface area contributed by atoms with E-state index in [1.807, 2.05) is 0 Å². The van der Waals surface area contributed by atoms with Crippen molar-refractivity contribution in [1.82, 2.24) is 10.6 Å². The first-order valence-corrected chi connectivity index (χ1v) is 7.39. The molecule has 142 valence electrons. The number of hydrogen-bond donors (Lipinski definition) is 7. The first-order chi connectivity index (χ1) is 11.6. The monoisotopic (exact) mass is 361 g/mol. The molecule has 1 amide bonds. The van der Waals surface area contributed by atoms with Crippen LogP contribution in [0.2, 0.25) is 0 Å². The summed E-state index contributed by atoms with van der Waals surface area (Å²) >= 11 is 0. The predicted molar refractivity (Wildman–Crippen MR) is 85.8 cm³/mol. The molecule has 0 aromatic carbocycles. The van der Waals surface area contributed by atoms with Crippen molar-refractivity contribution in [2.45, 2.75) is 37.8 Å². The van der Waals surface area contributed by atoms with Crippen LogP contribution in [0.25, 0.3) is 0 Å². The molecule has 2 atom stereocenters. The van der Waals surface area contributed by atoms with Gasteiger partial charge in [-0.05, 0) is 12.8 Å². The van der Waals surface area contributed by atoms with Gasteiger partial charge in [0.25, 0.3) is 0 Å². The minimum Gasteiger partial charge on any atom is -0.481 e. The van der Waals surface area contributed by atoms with Gasteiger partial charge in [-0.25, -0.2) is 4.79 Å². The van der Waals surface area contributed by atoms with Gasteiger partial charge in [0.15, 0.2) is 5.96 Å². The van der Waals surface area contributed by atoms with Gasteiger partial charge >= 0.3 is 17.9 Å². The molecule has 0 aromatic heterocycles. The molecule has 0 spiro atoms. The van der Waals surface area contributed by atoms with Gasteiger partial charge in [0.05, 0.1) is 6.42 Å². The summed E-state index contributed by atoms with van der Waals surface area (Å²) in [6.07, 6.45) is -0.323. The van der Waals surface area contributed by atoms with Crippen molar-refractivity contribution < 1.29 is 34.5 Å². The topological polar surface area (TPSA) is 217 Å². The first kappa shape index (κ1) is 22.1. The number of hydrogen-bond acceptors (Lipinski definition) is 6. The van der Waals surface area contributed by atoms with Crippen LogP contribution in [-0.4, -0.2) is 70.3 Å². The van der Waals surface area contributed by atoms with E-state index in [1.54, 1.807) is 0 Å². The molecule has 0 rings (SSSR count). The molecule has 25 heavy (non-hydrogen) atoms. The Hall–Kier alpha value is -2.89. The Morgan fingerprint density at radius 2 is 1.60 bits per heavy atom. The van der Waals surface area contributed by atoms with Crippen molar-refractivity contribution >= 4 is 29.8 Å². The number of carbonyl (C=O) groups is 4. The third-order valence-electron chi connectivity index (χ3n) is 3.00. The number of nitrogens with zero attached hydrogens (tertiary/aromatic N) is 1. The molecule has 0 fully saturated rings. The van der Waals surface area contributed by atoms with Gasteiger partial charge in [-0.2, -0.15) is 0 Å². The lowest BCUT2D eigenvalue weighted by Crippen LogP contribution is -2.44. The summed E-state index contributed by atoms with van der Waals surface area (Å²) in [6.45, 7) is 0.244. The molecule has 0 aliphatic rings. The third-order valence-corrected chi connectivity index (χ3v) is 3.00. The van der Waals surface area contributed by atoms with Crippen LogP contribution in [-0.2, 0) is 19.2 Å². The fourth-order valence-electron chi connectivity index (χ4n) is 1.82. The van der Waals surface area contributed by atoms with Gasteiger partial charge in [0.1, 0.15) is 12.1 Å². The van der Waals surface area contributed by atoms with E-state index in [-0.39, 0.29) is 31.9 Å². The normalized spacial score (nSPS) is 12.6. The Labute approximate surface area is 143 Å². The zero-order valence-electron chi connectivity index (χ0n) is 13.5. The SMILES string of the molecule is NC(N)=NCCCC(NCCC(=O)N[C@@H](CC(=O)O)C(=O)O)C(=O)O. The van der Waals surface area contributed by atoms with Crippen LogP contribution < -0.4 is 22.1 Å². The maximum atomic E-state index is 11.6. The second-order valence-electron chi connectivity index (χ2n) is 5.10. The quantitative estimate of drug-likeness (QED) is 0.104. The van der Waals surface area contributed by atoms with E-state index in [1.165, 1.54) is 0 Å². The molecule has 9 N–H and O–H groups in total. The minimum absolute atomic E-state index is 0.0233. The fraction of sp³-hybridized carbons (Fsp3) is 0.615. The maximum Gasteiger partial charge on any atom is 0.326 e. The highest BCUT2D eigenvalue weighted by molar-refractivity contribution is 5.86. The number of carboxylic acids is 3. The molecule has 0 saturated carbocycles. The molecule has 0 bridgehead atoms. The van der Waals surface area contributed by atoms with Crippen molar-refractivity contribution in [2.75, 3.05) is 13.1 Å². The number of carboxylic acid groups (broad SMARTS) is 3. The van der Waals surface area contributed by atoms with E-state index >= 15 is 0 Å². The lowest BCUT2D eigenvalue weighted by atomic mass is 10.1. The summed E-state index contributed by atoms with van der Waals surface area (Å²) in [5.41, 5.74) is 10.3. The molecule has 0 radical (unpaired) electrons. The highest BCUT2D eigenvalue weighted by atomic mass is 16.4. The van der Waals surface area contributed by atoms with Gasteiger partial charge in [-0.3, -0.25) is 19.4 Å². The smallest absolute Gasteiger partial charge is 0.326 e. The number of aliphatic imine (C=N–C) groups is 1. The molecule has 0 saturated heterocycles. The molecule has 1 unspecified atom stereocenters. The van der Waals surface area contributed by atoms with E-state index < -0.39 is 42.3 Å². The molecule has 12 nitrogen and oxygen atoms in total. The molecular weight excluding hydrogens is 338 g/mol. The first-order valence-electron chi connectivity index (χ1n) is 7.39. The molecular formula is C13H23N5O7. The fourth-order valence-corrected chi connectivity index (χ4v) is 1.82. The summed E-state index contributed by atoms with van der Waals surface area (Å²) in [5, 5.41) is 31.2. The van der Waals surface area contributed by atoms with Gasteiger partial charge in [-0.1, -0.05) is 0 Å². The van der Waals surface area contributed by atoms with E-state index in [2.05, 4.69) is 15.6 Å². The minimum atomic E-state index is -1.54. The van der Waals surface area contributed by atoms with Crippen LogP contribution in [0, 0.1) is 0 Å². The Kier molecular flexibility index (Phi) is 10.3. The van der Waals surface area contributed by atoms with Gasteiger partial charge in [-0.15, -0.1) is 0 Å². The molecule has 0 aromatic rings. The van der Waals surface area contributed by atoms with Crippen molar-refractivity contribution in [1.29, 1.82) is 0 Å². The van der Waals surface area contributed by atoms with Crippen LogP contribution in [0.15, 0.2) is 4.99 Å². The largest absolute Gasteiger partial charge is 0.481 e. The number of amides is 1. The summed E-state index contributed by atoms with van der Waals surface area (Å²) in [4.78, 5) is 47.8. The number of rotatable bonds is 13. The van der Waals surface area contributed by atoms with E-state index in [0.717, 1.165) is 0 Å². The highest BCUT2D eigenvalue weighted by Crippen LogP contribution is 1.99. The zero-order chi connectivity index (χ0) is 19.4. The van der Waals surface area contributed by atoms with Crippen molar-refractivity contribution in [2.24, 2.45) is 16.5 Å². The number of nitrogens with two attached hydrogens (primary N) is 2. The molecule has 0 aliphatic heterocycles. The lowest BCUT2D eigenvalue weighted by Gasteiger charge is -2.15. The zero-order valence-corrected chi connectivity index (χ0v) is 13.5. The van der Waals surface area contributed by atoms with Crippen LogP contribution >= 0.6 is 0 Å². The Morgan fingerprint density at radius 3 is 2.08 bits per heavy atom. The van der Waals surface area contributed by atoms with E-state index in [4.69, 9.17) is 26.8 Å². The summed E-state index contributed by atoms with van der Waals surface area (Å²) < 4.78 is 0. The molecule has 12 heteroatoms. The van der Waals surface area contributed by atoms with Gasteiger partial charge in [0, 0.05) is 19.5 Å². The second kappa shape index (κ2) is 11.6. The average molecular weight is 361 g/mol. The summed E-state index contributed by atoms with van der Waals surface area (Å²) in [6, 6.07) is -2.46. The van der Waals surface area contributed by atoms with Crippen LogP contribution in [0.4, 0.5) is 0 Å². The van der Waals surface area contributed by atoms with Crippen LogP contribution in [0.3, 0.4) is 0 Å². The van der Waals surface area contributed by atoms with Crippen molar-refractivity contribution in [3.63, 3.8) is 0 Å². The van der Waals surface area contributed by atoms with E-state index in [0.29, 0.717) is 6.42 Å². The van der Waals surface area contributed by atoms with Crippen molar-refractivity contribution in [3.8, 4) is 0 Å². The number of nitrogens with one attached hydrogen (secondary N) is 2. The predicted octanol–water partition coefficient (Wildman–Crippen LogP) is -2.48. The highest BCUT2D eigenvalue weighted by Gasteiger charge is 2.23. The average Bonchev–Trinajstić information content (AvgIpc) is 2.47. The summed E-state index contributed by atoms with van der Waals surface area (Å²) in [7, 11) is 0. The number of aliphatic carboxylic acids is 3. The maximum absolute atomic E-state index is 11.6. The van der Waals surface area contributed by atoms with Gasteiger partial charge < -0.3 is 37.4 Å². The van der Waals surface area contributed by atoms with Crippen LogP contribution in [0.5, 0.6) is 0 Å². The standard InChI is InChI=1S/C13H23N5O7/c14-13(15)17-4-1-2-7(11(22)23)16-5-3-9(19)18-8(12(24)25)6-10(20)21/h7-8,16H,1-6H2,(H,18,19)(H,20,21)(H,22,23)(H,24,25)(H4,14,15,17)/t7?,8-/m0/s1. The van der Waals surface area contributed by atoms with Gasteiger partial charge in [0.2, 0.25) is 5.91 Å². The van der Waals surface area contributed by atoms with Crippen LogP contribution in [0.1, 0.15) is 25.7 Å².